The van der Waals surface area contributed by atoms with Gasteiger partial charge in [-0.3, -0.25) is 0 Å². The standard InChI is InChI=1S/C14H17ClIN3/c1-14(2,3)18-8-11-7-17-9-19(11)13-5-4-10(16)6-12(13)15/h4-7,9,18H,8H2,1-3H3. The molecule has 1 aromatic carbocycles. The van der Waals surface area contributed by atoms with Crippen molar-refractivity contribution in [1.82, 2.24) is 14.9 Å². The quantitative estimate of drug-likeness (QED) is 0.804. The largest absolute Gasteiger partial charge is 0.306 e. The zero-order valence-corrected chi connectivity index (χ0v) is 14.2. The zero-order chi connectivity index (χ0) is 14.0. The third-order valence-electron chi connectivity index (χ3n) is 2.68. The van der Waals surface area contributed by atoms with Crippen molar-refractivity contribution in [1.29, 1.82) is 0 Å². The van der Waals surface area contributed by atoms with Gasteiger partial charge in [-0.05, 0) is 61.6 Å². The van der Waals surface area contributed by atoms with Crippen LogP contribution in [0.1, 0.15) is 26.5 Å². The number of imidazole rings is 1. The number of hydrogen-bond donors (Lipinski definition) is 1. The molecule has 0 radical (unpaired) electrons. The van der Waals surface area contributed by atoms with Gasteiger partial charge in [0.15, 0.2) is 0 Å². The Morgan fingerprint density at radius 2 is 2.11 bits per heavy atom. The van der Waals surface area contributed by atoms with Crippen molar-refractivity contribution in [3.05, 3.63) is 45.0 Å². The molecular weight excluding hydrogens is 373 g/mol. The first-order valence-electron chi connectivity index (χ1n) is 6.08. The minimum absolute atomic E-state index is 0.0744. The number of aromatic nitrogens is 2. The highest BCUT2D eigenvalue weighted by Gasteiger charge is 2.12. The van der Waals surface area contributed by atoms with Crippen molar-refractivity contribution in [3.63, 3.8) is 0 Å². The minimum Gasteiger partial charge on any atom is -0.306 e. The molecule has 0 saturated heterocycles. The molecule has 102 valence electrons. The van der Waals surface area contributed by atoms with E-state index in [2.05, 4.69) is 53.7 Å². The van der Waals surface area contributed by atoms with Gasteiger partial charge in [0.05, 0.1) is 22.7 Å². The summed E-state index contributed by atoms with van der Waals surface area (Å²) in [5.74, 6) is 0. The first kappa shape index (κ1) is 14.8. The fraction of sp³-hybridized carbons (Fsp3) is 0.357. The lowest BCUT2D eigenvalue weighted by Gasteiger charge is -2.21. The van der Waals surface area contributed by atoms with Crippen molar-refractivity contribution in [2.75, 3.05) is 0 Å². The second-order valence-corrected chi connectivity index (χ2v) is 7.11. The maximum Gasteiger partial charge on any atom is 0.0995 e. The molecule has 0 atom stereocenters. The summed E-state index contributed by atoms with van der Waals surface area (Å²) in [6.07, 6.45) is 3.67. The number of hydrogen-bond acceptors (Lipinski definition) is 2. The Bertz CT molecular complexity index is 572. The fourth-order valence-electron chi connectivity index (χ4n) is 1.70. The first-order valence-corrected chi connectivity index (χ1v) is 7.54. The van der Waals surface area contributed by atoms with E-state index in [0.717, 1.165) is 26.5 Å². The van der Waals surface area contributed by atoms with Crippen LogP contribution in [0.4, 0.5) is 0 Å². The summed E-state index contributed by atoms with van der Waals surface area (Å²) in [7, 11) is 0. The van der Waals surface area contributed by atoms with Gasteiger partial charge >= 0.3 is 0 Å². The summed E-state index contributed by atoms with van der Waals surface area (Å²) in [6, 6.07) is 6.02. The molecule has 3 nitrogen and oxygen atoms in total. The summed E-state index contributed by atoms with van der Waals surface area (Å²) in [5, 5.41) is 4.20. The number of rotatable bonds is 3. The summed E-state index contributed by atoms with van der Waals surface area (Å²) < 4.78 is 3.15. The fourth-order valence-corrected chi connectivity index (χ4v) is 2.65. The molecule has 19 heavy (non-hydrogen) atoms. The van der Waals surface area contributed by atoms with Gasteiger partial charge in [0.25, 0.3) is 0 Å². The third-order valence-corrected chi connectivity index (χ3v) is 3.66. The number of halogens is 2. The van der Waals surface area contributed by atoms with Gasteiger partial charge in [-0.15, -0.1) is 0 Å². The molecule has 0 bridgehead atoms. The summed E-state index contributed by atoms with van der Waals surface area (Å²) in [4.78, 5) is 4.23. The monoisotopic (exact) mass is 389 g/mol. The molecule has 0 spiro atoms. The predicted octanol–water partition coefficient (Wildman–Crippen LogP) is 4.02. The molecule has 5 heteroatoms. The number of nitrogens with one attached hydrogen (secondary N) is 1. The van der Waals surface area contributed by atoms with Crippen LogP contribution in [-0.4, -0.2) is 15.1 Å². The summed E-state index contributed by atoms with van der Waals surface area (Å²) in [5.41, 5.74) is 2.13. The second-order valence-electron chi connectivity index (χ2n) is 5.45. The van der Waals surface area contributed by atoms with E-state index in [1.165, 1.54) is 0 Å². The molecule has 0 amide bonds. The first-order chi connectivity index (χ1) is 8.87. The van der Waals surface area contributed by atoms with Gasteiger partial charge in [0.2, 0.25) is 0 Å². The van der Waals surface area contributed by atoms with Crippen LogP contribution in [0.5, 0.6) is 0 Å². The van der Waals surface area contributed by atoms with E-state index in [9.17, 15) is 0 Å². The van der Waals surface area contributed by atoms with Crippen molar-refractivity contribution < 1.29 is 0 Å². The molecule has 0 aliphatic carbocycles. The minimum atomic E-state index is 0.0744. The van der Waals surface area contributed by atoms with Crippen molar-refractivity contribution in [2.45, 2.75) is 32.9 Å². The molecule has 0 aliphatic rings. The van der Waals surface area contributed by atoms with Crippen LogP contribution in [0.2, 0.25) is 5.02 Å². The van der Waals surface area contributed by atoms with Gasteiger partial charge in [-0.2, -0.15) is 0 Å². The Morgan fingerprint density at radius 3 is 2.74 bits per heavy atom. The van der Waals surface area contributed by atoms with Gasteiger partial charge < -0.3 is 9.88 Å². The molecule has 0 fully saturated rings. The van der Waals surface area contributed by atoms with E-state index in [1.54, 1.807) is 6.33 Å². The summed E-state index contributed by atoms with van der Waals surface area (Å²) >= 11 is 8.56. The third kappa shape index (κ3) is 3.94. The smallest absolute Gasteiger partial charge is 0.0995 e. The lowest BCUT2D eigenvalue weighted by atomic mass is 10.1. The van der Waals surface area contributed by atoms with Crippen LogP contribution in [-0.2, 0) is 6.54 Å². The molecule has 1 aromatic heterocycles. The van der Waals surface area contributed by atoms with Gasteiger partial charge in [0.1, 0.15) is 0 Å². The van der Waals surface area contributed by atoms with E-state index < -0.39 is 0 Å². The second kappa shape index (κ2) is 5.81. The van der Waals surface area contributed by atoms with Crippen molar-refractivity contribution in [2.24, 2.45) is 0 Å². The molecule has 2 rings (SSSR count). The normalized spacial score (nSPS) is 11.8. The molecule has 0 aliphatic heterocycles. The molecular formula is C14H17ClIN3. The molecule has 0 unspecified atom stereocenters. The Balaban J connectivity index is 2.28. The lowest BCUT2D eigenvalue weighted by molar-refractivity contribution is 0.419. The topological polar surface area (TPSA) is 29.9 Å². The van der Waals surface area contributed by atoms with Gasteiger partial charge in [-0.1, -0.05) is 11.6 Å². The Hall–Kier alpha value is -0.590. The highest BCUT2D eigenvalue weighted by molar-refractivity contribution is 14.1. The molecule has 0 saturated carbocycles. The van der Waals surface area contributed by atoms with Crippen molar-refractivity contribution in [3.8, 4) is 5.69 Å². The SMILES string of the molecule is CC(C)(C)NCc1cncn1-c1ccc(I)cc1Cl. The number of benzene rings is 1. The number of nitrogens with zero attached hydrogens (tertiary/aromatic N) is 2. The van der Waals surface area contributed by atoms with Gasteiger partial charge in [-0.25, -0.2) is 4.98 Å². The van der Waals surface area contributed by atoms with E-state index in [1.807, 2.05) is 29.0 Å². The lowest BCUT2D eigenvalue weighted by Crippen LogP contribution is -2.35. The molecule has 1 heterocycles. The Labute approximate surface area is 132 Å². The van der Waals surface area contributed by atoms with E-state index in [-0.39, 0.29) is 5.54 Å². The average molecular weight is 390 g/mol. The van der Waals surface area contributed by atoms with Crippen molar-refractivity contribution >= 4 is 34.2 Å². The summed E-state index contributed by atoms with van der Waals surface area (Å²) in [6.45, 7) is 7.19. The highest BCUT2D eigenvalue weighted by atomic mass is 127. The molecule has 1 N–H and O–H groups in total. The van der Waals surface area contributed by atoms with Crippen LogP contribution < -0.4 is 5.32 Å². The average Bonchev–Trinajstić information content (AvgIpc) is 2.73. The van der Waals surface area contributed by atoms with Crippen LogP contribution in [0, 0.1) is 3.57 Å². The van der Waals surface area contributed by atoms with E-state index in [0.29, 0.717) is 0 Å². The Morgan fingerprint density at radius 1 is 1.37 bits per heavy atom. The van der Waals surface area contributed by atoms with Crippen LogP contribution >= 0.6 is 34.2 Å². The zero-order valence-electron chi connectivity index (χ0n) is 11.2. The maximum atomic E-state index is 6.31. The van der Waals surface area contributed by atoms with Crippen LogP contribution in [0.25, 0.3) is 5.69 Å². The predicted molar refractivity (Wildman–Crippen MR) is 87.9 cm³/mol. The van der Waals surface area contributed by atoms with Gasteiger partial charge in [0, 0.05) is 21.9 Å². The van der Waals surface area contributed by atoms with Crippen LogP contribution in [0.15, 0.2) is 30.7 Å². The molecule has 2 aromatic rings. The highest BCUT2D eigenvalue weighted by Crippen LogP contribution is 2.24. The maximum absolute atomic E-state index is 6.31. The van der Waals surface area contributed by atoms with E-state index in [4.69, 9.17) is 11.6 Å². The Kier molecular flexibility index (Phi) is 4.53. The van der Waals surface area contributed by atoms with E-state index >= 15 is 0 Å². The van der Waals surface area contributed by atoms with Crippen LogP contribution in [0.3, 0.4) is 0 Å².